The van der Waals surface area contributed by atoms with Crippen molar-refractivity contribution in [2.24, 2.45) is 0 Å². The second-order valence-corrected chi connectivity index (χ2v) is 7.95. The fourth-order valence-corrected chi connectivity index (χ4v) is 2.90. The third kappa shape index (κ3) is 6.05. The van der Waals surface area contributed by atoms with Crippen molar-refractivity contribution in [3.05, 3.63) is 65.7 Å². The molecule has 2 rings (SSSR count). The molecule has 0 aliphatic heterocycles. The van der Waals surface area contributed by atoms with E-state index in [4.69, 9.17) is 15.4 Å². The molecule has 0 aromatic heterocycles. The number of carbonyl (C=O) groups is 2. The lowest BCUT2D eigenvalue weighted by Crippen LogP contribution is -2.42. The molecule has 0 saturated carbocycles. The molecule has 0 aliphatic carbocycles. The number of carboxylic acid groups (broad SMARTS) is 1. The van der Waals surface area contributed by atoms with Gasteiger partial charge in [-0.15, -0.1) is 0 Å². The van der Waals surface area contributed by atoms with Gasteiger partial charge < -0.3 is 15.2 Å². The molecule has 26 heavy (non-hydrogen) atoms. The summed E-state index contributed by atoms with van der Waals surface area (Å²) in [5, 5.41) is 11.5. The SMILES string of the molecule is O=C(N[C@@H](Cc1ccc(S(=O)(=O)Cl)cc1)C(=O)O)OCc1ccccc1. The monoisotopic (exact) mass is 397 g/mol. The number of nitrogens with one attached hydrogen (secondary N) is 1. The number of halogens is 1. The smallest absolute Gasteiger partial charge is 0.408 e. The van der Waals surface area contributed by atoms with Gasteiger partial charge in [0, 0.05) is 17.1 Å². The van der Waals surface area contributed by atoms with Gasteiger partial charge in [-0.1, -0.05) is 42.5 Å². The van der Waals surface area contributed by atoms with Gasteiger partial charge in [-0.3, -0.25) is 0 Å². The Kier molecular flexibility index (Phi) is 6.59. The summed E-state index contributed by atoms with van der Waals surface area (Å²) in [6, 6.07) is 13.1. The van der Waals surface area contributed by atoms with Crippen molar-refractivity contribution in [2.75, 3.05) is 0 Å². The van der Waals surface area contributed by atoms with E-state index < -0.39 is 27.2 Å². The molecule has 0 fully saturated rings. The molecule has 0 radical (unpaired) electrons. The molecule has 7 nitrogen and oxygen atoms in total. The van der Waals surface area contributed by atoms with E-state index in [2.05, 4.69) is 5.32 Å². The highest BCUT2D eigenvalue weighted by atomic mass is 35.7. The Morgan fingerprint density at radius 3 is 2.19 bits per heavy atom. The first-order valence-corrected chi connectivity index (χ1v) is 9.80. The summed E-state index contributed by atoms with van der Waals surface area (Å²) in [5.41, 5.74) is 1.29. The normalized spacial score (nSPS) is 12.2. The van der Waals surface area contributed by atoms with Gasteiger partial charge in [0.05, 0.1) is 4.90 Å². The van der Waals surface area contributed by atoms with Crippen LogP contribution < -0.4 is 5.32 Å². The molecule has 9 heteroatoms. The maximum Gasteiger partial charge on any atom is 0.408 e. The third-order valence-electron chi connectivity index (χ3n) is 3.45. The first-order valence-electron chi connectivity index (χ1n) is 7.49. The van der Waals surface area contributed by atoms with E-state index in [0.717, 1.165) is 5.56 Å². The first-order chi connectivity index (χ1) is 12.3. The van der Waals surface area contributed by atoms with Crippen molar-refractivity contribution in [1.29, 1.82) is 0 Å². The summed E-state index contributed by atoms with van der Waals surface area (Å²) < 4.78 is 27.4. The molecule has 2 N–H and O–H groups in total. The van der Waals surface area contributed by atoms with Gasteiger partial charge in [0.15, 0.2) is 0 Å². The number of amides is 1. The quantitative estimate of drug-likeness (QED) is 0.695. The molecular weight excluding hydrogens is 382 g/mol. The van der Waals surface area contributed by atoms with Gasteiger partial charge in [0.2, 0.25) is 0 Å². The number of hydrogen-bond acceptors (Lipinski definition) is 5. The fraction of sp³-hybridized carbons (Fsp3) is 0.176. The summed E-state index contributed by atoms with van der Waals surface area (Å²) in [4.78, 5) is 23.1. The molecule has 0 spiro atoms. The summed E-state index contributed by atoms with van der Waals surface area (Å²) >= 11 is 0. The number of aliphatic carboxylic acids is 1. The highest BCUT2D eigenvalue weighted by Crippen LogP contribution is 2.16. The van der Waals surface area contributed by atoms with Crippen LogP contribution in [0.1, 0.15) is 11.1 Å². The number of hydrogen-bond donors (Lipinski definition) is 2. The summed E-state index contributed by atoms with van der Waals surface area (Å²) in [6.45, 7) is 0.0152. The molecule has 1 amide bonds. The third-order valence-corrected chi connectivity index (χ3v) is 4.82. The van der Waals surface area contributed by atoms with Crippen LogP contribution in [0.25, 0.3) is 0 Å². The van der Waals surface area contributed by atoms with E-state index in [0.29, 0.717) is 5.56 Å². The van der Waals surface area contributed by atoms with E-state index in [-0.39, 0.29) is 17.9 Å². The lowest BCUT2D eigenvalue weighted by Gasteiger charge is -2.15. The number of ether oxygens (including phenoxy) is 1. The number of alkyl carbamates (subject to hydrolysis) is 1. The van der Waals surface area contributed by atoms with Crippen LogP contribution >= 0.6 is 10.7 Å². The fourth-order valence-electron chi connectivity index (χ4n) is 2.13. The summed E-state index contributed by atoms with van der Waals surface area (Å²) in [5.74, 6) is -1.24. The van der Waals surface area contributed by atoms with Gasteiger partial charge in [-0.25, -0.2) is 18.0 Å². The first kappa shape index (κ1) is 19.7. The Morgan fingerprint density at radius 2 is 1.65 bits per heavy atom. The average molecular weight is 398 g/mol. The van der Waals surface area contributed by atoms with E-state index in [1.807, 2.05) is 6.07 Å². The molecular formula is C17H16ClNO6S. The topological polar surface area (TPSA) is 110 Å². The highest BCUT2D eigenvalue weighted by Gasteiger charge is 2.21. The average Bonchev–Trinajstić information content (AvgIpc) is 2.60. The van der Waals surface area contributed by atoms with Crippen molar-refractivity contribution in [3.8, 4) is 0 Å². The number of benzene rings is 2. The van der Waals surface area contributed by atoms with Crippen LogP contribution in [-0.2, 0) is 31.6 Å². The van der Waals surface area contributed by atoms with Gasteiger partial charge in [-0.2, -0.15) is 0 Å². The van der Waals surface area contributed by atoms with Crippen molar-refractivity contribution >= 4 is 31.8 Å². The van der Waals surface area contributed by atoms with Crippen molar-refractivity contribution in [2.45, 2.75) is 24.0 Å². The molecule has 1 atom stereocenters. The Balaban J connectivity index is 1.96. The Labute approximate surface area is 155 Å². The predicted octanol–water partition coefficient (Wildman–Crippen LogP) is 2.54. The second-order valence-electron chi connectivity index (χ2n) is 5.38. The van der Waals surface area contributed by atoms with E-state index >= 15 is 0 Å². The predicted molar refractivity (Wildman–Crippen MR) is 94.4 cm³/mol. The van der Waals surface area contributed by atoms with Crippen LogP contribution in [0.2, 0.25) is 0 Å². The minimum absolute atomic E-state index is 0.0152. The number of carbonyl (C=O) groups excluding carboxylic acids is 1. The number of carboxylic acids is 1. The van der Waals surface area contributed by atoms with Gasteiger partial charge in [0.1, 0.15) is 12.6 Å². The van der Waals surface area contributed by atoms with Crippen molar-refractivity contribution < 1.29 is 27.9 Å². The molecule has 138 valence electrons. The molecule has 0 saturated heterocycles. The van der Waals surface area contributed by atoms with Crippen LogP contribution in [-0.4, -0.2) is 31.6 Å². The lowest BCUT2D eigenvalue weighted by molar-refractivity contribution is -0.139. The van der Waals surface area contributed by atoms with Crippen molar-refractivity contribution in [3.63, 3.8) is 0 Å². The summed E-state index contributed by atoms with van der Waals surface area (Å²) in [7, 11) is 1.37. The zero-order valence-corrected chi connectivity index (χ0v) is 15.0. The molecule has 0 bridgehead atoms. The zero-order valence-electron chi connectivity index (χ0n) is 13.5. The van der Waals surface area contributed by atoms with Crippen LogP contribution in [0.4, 0.5) is 4.79 Å². The Hall–Kier alpha value is -2.58. The lowest BCUT2D eigenvalue weighted by atomic mass is 10.1. The van der Waals surface area contributed by atoms with Crippen LogP contribution in [0.5, 0.6) is 0 Å². The molecule has 0 heterocycles. The maximum atomic E-state index is 11.8. The van der Waals surface area contributed by atoms with Crippen LogP contribution in [0.15, 0.2) is 59.5 Å². The highest BCUT2D eigenvalue weighted by molar-refractivity contribution is 8.13. The number of rotatable bonds is 7. The molecule has 0 unspecified atom stereocenters. The van der Waals surface area contributed by atoms with Crippen LogP contribution in [0, 0.1) is 0 Å². The van der Waals surface area contributed by atoms with E-state index in [9.17, 15) is 23.1 Å². The largest absolute Gasteiger partial charge is 0.480 e. The molecule has 2 aromatic rings. The zero-order chi connectivity index (χ0) is 19.2. The van der Waals surface area contributed by atoms with Crippen LogP contribution in [0.3, 0.4) is 0 Å². The maximum absolute atomic E-state index is 11.8. The Bertz CT molecular complexity index is 868. The van der Waals surface area contributed by atoms with Gasteiger partial charge in [0.25, 0.3) is 9.05 Å². The second kappa shape index (κ2) is 8.68. The van der Waals surface area contributed by atoms with Gasteiger partial charge in [-0.05, 0) is 23.3 Å². The standard InChI is InChI=1S/C17H16ClNO6S/c18-26(23,24)14-8-6-12(7-9-14)10-15(16(20)21)19-17(22)25-11-13-4-2-1-3-5-13/h1-9,15H,10-11H2,(H,19,22)(H,20,21)/t15-/m0/s1. The summed E-state index contributed by atoms with van der Waals surface area (Å²) in [6.07, 6.45) is -0.903. The molecule has 0 aliphatic rings. The minimum atomic E-state index is -3.85. The van der Waals surface area contributed by atoms with E-state index in [1.54, 1.807) is 24.3 Å². The minimum Gasteiger partial charge on any atom is -0.480 e. The molecule has 2 aromatic carbocycles. The Morgan fingerprint density at radius 1 is 1.04 bits per heavy atom. The van der Waals surface area contributed by atoms with Crippen molar-refractivity contribution in [1.82, 2.24) is 5.32 Å². The van der Waals surface area contributed by atoms with E-state index in [1.165, 1.54) is 24.3 Å². The van der Waals surface area contributed by atoms with Gasteiger partial charge >= 0.3 is 12.1 Å².